The second-order valence-electron chi connectivity index (χ2n) is 18.4. The summed E-state index contributed by atoms with van der Waals surface area (Å²) in [6.07, 6.45) is 4.97. The number of hydrogen-bond acceptors (Lipinski definition) is 8. The summed E-state index contributed by atoms with van der Waals surface area (Å²) in [6.45, 7) is 19.2. The van der Waals surface area contributed by atoms with Crippen molar-refractivity contribution in [3.8, 4) is 11.5 Å². The first-order valence-corrected chi connectivity index (χ1v) is 26.5. The molecule has 5 aromatic carbocycles. The first kappa shape index (κ1) is 47.3. The smallest absolute Gasteiger partial charge is 0.261 e. The van der Waals surface area contributed by atoms with Gasteiger partial charge in [0, 0.05) is 19.3 Å². The lowest BCUT2D eigenvalue weighted by atomic mass is 10.1. The second-order valence-corrected chi connectivity index (χ2v) is 27.0. The van der Waals surface area contributed by atoms with E-state index in [0.29, 0.717) is 37.9 Å². The van der Waals surface area contributed by atoms with Gasteiger partial charge in [-0.1, -0.05) is 169 Å². The van der Waals surface area contributed by atoms with Crippen LogP contribution in [0.1, 0.15) is 55.4 Å². The van der Waals surface area contributed by atoms with Gasteiger partial charge in [0.2, 0.25) is 0 Å². The van der Waals surface area contributed by atoms with Crippen LogP contribution >= 0.6 is 0 Å². The first-order valence-electron chi connectivity index (χ1n) is 22.7. The largest absolute Gasteiger partial charge is 0.483 e. The fraction of sp³-hybridized carbons (Fsp3) is 0.370. The SMILES string of the molecule is CCO[C@@H]1C=C[C@H](Oc2cccc(O[C@H]3C=C[C@@H](OCC)O[C@@H]3CO[Si](c3ccccc3)(c3ccccc3)C(C)(C)C)c2)[C@@H](CO[Si](c2ccccc2)(c2ccccc2)C(C)(C)C)O1. The van der Waals surface area contributed by atoms with Crippen molar-refractivity contribution in [2.24, 2.45) is 0 Å². The minimum Gasteiger partial charge on any atom is -0.483 e. The number of rotatable bonds is 18. The van der Waals surface area contributed by atoms with Crippen molar-refractivity contribution in [3.05, 3.63) is 170 Å². The van der Waals surface area contributed by atoms with Crippen molar-refractivity contribution in [2.45, 2.75) is 102 Å². The Bertz CT molecular complexity index is 2010. The molecule has 7 rings (SSSR count). The van der Waals surface area contributed by atoms with Gasteiger partial charge in [-0.05, 0) is 81.1 Å². The molecular weight excluding hydrogens is 833 g/mol. The van der Waals surface area contributed by atoms with Crippen LogP contribution in [0.3, 0.4) is 0 Å². The summed E-state index contributed by atoms with van der Waals surface area (Å²) in [5, 5.41) is 4.40. The van der Waals surface area contributed by atoms with Gasteiger partial charge in [0.25, 0.3) is 16.6 Å². The number of hydrogen-bond donors (Lipinski definition) is 0. The molecule has 0 spiro atoms. The molecule has 5 aromatic rings. The molecule has 0 unspecified atom stereocenters. The van der Waals surface area contributed by atoms with Gasteiger partial charge in [0.15, 0.2) is 12.6 Å². The van der Waals surface area contributed by atoms with E-state index in [2.05, 4.69) is 163 Å². The van der Waals surface area contributed by atoms with Gasteiger partial charge >= 0.3 is 0 Å². The molecule has 2 heterocycles. The third-order valence-corrected chi connectivity index (χ3v) is 22.0. The predicted molar refractivity (Wildman–Crippen MR) is 261 cm³/mol. The van der Waals surface area contributed by atoms with E-state index in [1.165, 1.54) is 20.7 Å². The standard InChI is InChI=1S/C54H66O8Si2/c1-9-55-51-36-34-47(49(61-51)39-57-63(53(3,4)5,43-26-15-11-16-27-43)44-28-17-12-18-29-44)59-41-24-23-25-42(38-41)60-48-35-37-52(56-10-2)62-50(48)40-58-64(54(6,7)8,45-30-19-13-20-31-45)46-32-21-14-22-33-46/h11-38,47-52H,9-10,39-40H2,1-8H3/t47-,48-,49+,50+,51-,52-/m0/s1. The normalized spacial score (nSPS) is 21.7. The van der Waals surface area contributed by atoms with Gasteiger partial charge in [0.05, 0.1) is 13.2 Å². The van der Waals surface area contributed by atoms with E-state index >= 15 is 0 Å². The van der Waals surface area contributed by atoms with E-state index < -0.39 is 53.6 Å². The monoisotopic (exact) mass is 898 g/mol. The molecular formula is C54H66O8Si2. The summed E-state index contributed by atoms with van der Waals surface area (Å²) in [5.74, 6) is 1.27. The van der Waals surface area contributed by atoms with Crippen LogP contribution in [0.2, 0.25) is 10.1 Å². The van der Waals surface area contributed by atoms with Crippen LogP contribution in [-0.2, 0) is 27.8 Å². The highest BCUT2D eigenvalue weighted by molar-refractivity contribution is 7.00. The van der Waals surface area contributed by atoms with Crippen molar-refractivity contribution < 1.29 is 37.3 Å². The molecule has 0 bridgehead atoms. The molecule has 2 aliphatic rings. The maximum atomic E-state index is 7.37. The fourth-order valence-corrected chi connectivity index (χ4v) is 18.3. The van der Waals surface area contributed by atoms with Gasteiger partial charge in [-0.2, -0.15) is 0 Å². The molecule has 0 saturated carbocycles. The molecule has 0 aliphatic carbocycles. The molecule has 338 valence electrons. The maximum absolute atomic E-state index is 7.37. The highest BCUT2D eigenvalue weighted by atomic mass is 28.4. The van der Waals surface area contributed by atoms with E-state index in [-0.39, 0.29) is 10.1 Å². The van der Waals surface area contributed by atoms with Crippen molar-refractivity contribution in [3.63, 3.8) is 0 Å². The lowest BCUT2D eigenvalue weighted by Crippen LogP contribution is -2.67. The van der Waals surface area contributed by atoms with Crippen molar-refractivity contribution in [2.75, 3.05) is 26.4 Å². The third-order valence-electron chi connectivity index (χ3n) is 12.0. The van der Waals surface area contributed by atoms with Crippen LogP contribution in [0.25, 0.3) is 0 Å². The molecule has 0 N–H and O–H groups in total. The zero-order valence-electron chi connectivity index (χ0n) is 38.7. The van der Waals surface area contributed by atoms with Crippen molar-refractivity contribution in [1.29, 1.82) is 0 Å². The van der Waals surface area contributed by atoms with Gasteiger partial charge in [-0.3, -0.25) is 0 Å². The number of benzene rings is 5. The molecule has 10 heteroatoms. The zero-order chi connectivity index (χ0) is 45.2. The highest BCUT2D eigenvalue weighted by Crippen LogP contribution is 2.39. The molecule has 2 aliphatic heterocycles. The molecule has 0 aromatic heterocycles. The van der Waals surface area contributed by atoms with Gasteiger partial charge < -0.3 is 37.3 Å². The van der Waals surface area contributed by atoms with Crippen molar-refractivity contribution >= 4 is 37.4 Å². The fourth-order valence-electron chi connectivity index (χ4n) is 9.13. The minimum atomic E-state index is -2.87. The van der Waals surface area contributed by atoms with E-state index in [1.54, 1.807) is 0 Å². The van der Waals surface area contributed by atoms with Crippen LogP contribution in [-0.4, -0.2) is 80.1 Å². The number of ether oxygens (including phenoxy) is 6. The Hall–Kier alpha value is -4.63. The van der Waals surface area contributed by atoms with Crippen LogP contribution in [0, 0.1) is 0 Å². The average molecular weight is 899 g/mol. The van der Waals surface area contributed by atoms with Gasteiger partial charge in [-0.25, -0.2) is 0 Å². The minimum absolute atomic E-state index is 0.204. The maximum Gasteiger partial charge on any atom is 0.261 e. The Kier molecular flexibility index (Phi) is 15.6. The molecule has 0 amide bonds. The lowest BCUT2D eigenvalue weighted by Gasteiger charge is -2.44. The zero-order valence-corrected chi connectivity index (χ0v) is 40.7. The molecule has 64 heavy (non-hydrogen) atoms. The molecule has 8 nitrogen and oxygen atoms in total. The van der Waals surface area contributed by atoms with Crippen LogP contribution in [0.4, 0.5) is 0 Å². The Labute approximate surface area is 383 Å². The van der Waals surface area contributed by atoms with E-state index in [0.717, 1.165) is 0 Å². The summed E-state index contributed by atoms with van der Waals surface area (Å²) >= 11 is 0. The summed E-state index contributed by atoms with van der Waals surface area (Å²) < 4.78 is 53.5. The lowest BCUT2D eigenvalue weighted by molar-refractivity contribution is -0.173. The highest BCUT2D eigenvalue weighted by Gasteiger charge is 2.52. The van der Waals surface area contributed by atoms with E-state index in [1.807, 2.05) is 62.4 Å². The topological polar surface area (TPSA) is 73.8 Å². The van der Waals surface area contributed by atoms with Gasteiger partial charge in [-0.15, -0.1) is 0 Å². The summed E-state index contributed by atoms with van der Waals surface area (Å²) in [6, 6.07) is 50.3. The second kappa shape index (κ2) is 21.1. The predicted octanol–water partition coefficient (Wildman–Crippen LogP) is 8.97. The van der Waals surface area contributed by atoms with Crippen LogP contribution in [0.5, 0.6) is 11.5 Å². The van der Waals surface area contributed by atoms with Crippen LogP contribution < -0.4 is 30.2 Å². The Morgan fingerprint density at radius 2 is 0.766 bits per heavy atom. The summed E-state index contributed by atoms with van der Waals surface area (Å²) in [7, 11) is -5.74. The molecule has 0 saturated heterocycles. The van der Waals surface area contributed by atoms with E-state index in [9.17, 15) is 0 Å². The summed E-state index contributed by atoms with van der Waals surface area (Å²) in [5.41, 5.74) is 0. The van der Waals surface area contributed by atoms with Gasteiger partial charge in [0.1, 0.15) is 35.9 Å². The Balaban J connectivity index is 1.14. The Morgan fingerprint density at radius 1 is 0.438 bits per heavy atom. The Morgan fingerprint density at radius 3 is 1.06 bits per heavy atom. The molecule has 0 fully saturated rings. The quantitative estimate of drug-likeness (QED) is 0.0638. The third kappa shape index (κ3) is 10.6. The molecule has 6 atom stereocenters. The first-order chi connectivity index (χ1) is 30.9. The van der Waals surface area contributed by atoms with Crippen LogP contribution in [0.15, 0.2) is 170 Å². The van der Waals surface area contributed by atoms with E-state index in [4.69, 9.17) is 37.3 Å². The average Bonchev–Trinajstić information content (AvgIpc) is 3.29. The summed E-state index contributed by atoms with van der Waals surface area (Å²) in [4.78, 5) is 0. The van der Waals surface area contributed by atoms with Crippen molar-refractivity contribution in [1.82, 2.24) is 0 Å². The molecule has 0 radical (unpaired) electrons.